The monoisotopic (exact) mass is 387 g/mol. The first-order valence-corrected chi connectivity index (χ1v) is 7.59. The average molecular weight is 389 g/mol. The van der Waals surface area contributed by atoms with Gasteiger partial charge in [0, 0.05) is 20.4 Å². The standard InChI is InChI=1S/C15H9BrCl2FNO/c16-8-1-2-12(19)10(5-8)14(20)13-4-7-3-9(17)6-11(18)15(7)21-13/h1-6,14H,20H2. The molecule has 1 unspecified atom stereocenters. The Hall–Kier alpha value is -1.07. The second-order valence-electron chi connectivity index (χ2n) is 4.60. The minimum Gasteiger partial charge on any atom is -0.457 e. The largest absolute Gasteiger partial charge is 0.457 e. The normalized spacial score (nSPS) is 12.8. The summed E-state index contributed by atoms with van der Waals surface area (Å²) in [5.74, 6) is 0.0291. The molecule has 0 bridgehead atoms. The van der Waals surface area contributed by atoms with Crippen molar-refractivity contribution in [3.8, 4) is 0 Å². The van der Waals surface area contributed by atoms with E-state index in [2.05, 4.69) is 15.9 Å². The summed E-state index contributed by atoms with van der Waals surface area (Å²) in [6, 6.07) is 8.89. The molecule has 0 amide bonds. The van der Waals surface area contributed by atoms with Crippen LogP contribution in [0.25, 0.3) is 11.0 Å². The molecule has 0 spiro atoms. The summed E-state index contributed by atoms with van der Waals surface area (Å²) in [7, 11) is 0. The van der Waals surface area contributed by atoms with Gasteiger partial charge in [0.1, 0.15) is 11.6 Å². The first kappa shape index (κ1) is 14.9. The van der Waals surface area contributed by atoms with Gasteiger partial charge in [-0.15, -0.1) is 0 Å². The lowest BCUT2D eigenvalue weighted by atomic mass is 10.0. The molecule has 3 rings (SSSR count). The van der Waals surface area contributed by atoms with Gasteiger partial charge in [0.2, 0.25) is 0 Å². The molecule has 0 aliphatic heterocycles. The molecular weight excluding hydrogens is 380 g/mol. The molecule has 0 saturated heterocycles. The summed E-state index contributed by atoms with van der Waals surface area (Å²) >= 11 is 15.3. The van der Waals surface area contributed by atoms with Crippen LogP contribution >= 0.6 is 39.1 Å². The number of nitrogens with two attached hydrogens (primary N) is 1. The summed E-state index contributed by atoms with van der Waals surface area (Å²) in [4.78, 5) is 0. The molecule has 0 radical (unpaired) electrons. The maximum atomic E-state index is 13.9. The van der Waals surface area contributed by atoms with Gasteiger partial charge >= 0.3 is 0 Å². The Balaban J connectivity index is 2.11. The molecule has 2 nitrogen and oxygen atoms in total. The van der Waals surface area contributed by atoms with E-state index in [4.69, 9.17) is 33.4 Å². The van der Waals surface area contributed by atoms with Crippen LogP contribution in [-0.4, -0.2) is 0 Å². The van der Waals surface area contributed by atoms with Crippen molar-refractivity contribution in [3.05, 3.63) is 68.1 Å². The number of rotatable bonds is 2. The van der Waals surface area contributed by atoms with Crippen molar-refractivity contribution < 1.29 is 8.81 Å². The highest BCUT2D eigenvalue weighted by Crippen LogP contribution is 2.34. The minimum atomic E-state index is -0.732. The van der Waals surface area contributed by atoms with E-state index in [1.165, 1.54) is 6.07 Å². The third-order valence-electron chi connectivity index (χ3n) is 3.15. The fourth-order valence-electron chi connectivity index (χ4n) is 2.16. The van der Waals surface area contributed by atoms with Gasteiger partial charge in [-0.3, -0.25) is 0 Å². The van der Waals surface area contributed by atoms with Gasteiger partial charge in [0.15, 0.2) is 5.58 Å². The highest BCUT2D eigenvalue weighted by Gasteiger charge is 2.19. The highest BCUT2D eigenvalue weighted by molar-refractivity contribution is 9.10. The molecule has 2 aromatic carbocycles. The fourth-order valence-corrected chi connectivity index (χ4v) is 3.08. The van der Waals surface area contributed by atoms with E-state index in [0.717, 1.165) is 9.86 Å². The Morgan fingerprint density at radius 2 is 1.90 bits per heavy atom. The van der Waals surface area contributed by atoms with Crippen molar-refractivity contribution in [2.45, 2.75) is 6.04 Å². The third kappa shape index (κ3) is 2.81. The smallest absolute Gasteiger partial charge is 0.153 e. The highest BCUT2D eigenvalue weighted by atomic mass is 79.9. The first-order valence-electron chi connectivity index (χ1n) is 6.04. The van der Waals surface area contributed by atoms with E-state index in [1.807, 2.05) is 0 Å². The van der Waals surface area contributed by atoms with Crippen LogP contribution < -0.4 is 5.73 Å². The Bertz CT molecular complexity index is 834. The maximum absolute atomic E-state index is 13.9. The van der Waals surface area contributed by atoms with Crippen molar-refractivity contribution in [2.24, 2.45) is 5.73 Å². The molecule has 2 N–H and O–H groups in total. The second-order valence-corrected chi connectivity index (χ2v) is 6.36. The van der Waals surface area contributed by atoms with Crippen LogP contribution in [0.15, 0.2) is 45.3 Å². The summed E-state index contributed by atoms with van der Waals surface area (Å²) in [5.41, 5.74) is 6.93. The molecule has 6 heteroatoms. The van der Waals surface area contributed by atoms with Crippen LogP contribution in [0.4, 0.5) is 4.39 Å². The van der Waals surface area contributed by atoms with Crippen molar-refractivity contribution in [1.82, 2.24) is 0 Å². The number of furan rings is 1. The SMILES string of the molecule is NC(c1cc2cc(Cl)cc(Cl)c2o1)c1cc(Br)ccc1F. The molecule has 0 saturated carbocycles. The molecule has 1 atom stereocenters. The van der Waals surface area contributed by atoms with E-state index in [0.29, 0.717) is 27.0 Å². The topological polar surface area (TPSA) is 39.2 Å². The molecule has 0 fully saturated rings. The van der Waals surface area contributed by atoms with E-state index in [-0.39, 0.29) is 0 Å². The Labute approximate surface area is 138 Å². The van der Waals surface area contributed by atoms with Crippen LogP contribution in [-0.2, 0) is 0 Å². The summed E-state index contributed by atoms with van der Waals surface area (Å²) in [5, 5.41) is 1.63. The zero-order chi connectivity index (χ0) is 15.1. The Morgan fingerprint density at radius 1 is 1.14 bits per heavy atom. The van der Waals surface area contributed by atoms with Crippen molar-refractivity contribution in [2.75, 3.05) is 0 Å². The van der Waals surface area contributed by atoms with Gasteiger partial charge in [-0.25, -0.2) is 4.39 Å². The number of benzene rings is 2. The van der Waals surface area contributed by atoms with E-state index in [1.54, 1.807) is 30.3 Å². The van der Waals surface area contributed by atoms with Gasteiger partial charge < -0.3 is 10.2 Å². The zero-order valence-corrected chi connectivity index (χ0v) is 13.6. The fraction of sp³-hybridized carbons (Fsp3) is 0.0667. The Kier molecular flexibility index (Phi) is 3.97. The van der Waals surface area contributed by atoms with Gasteiger partial charge in [-0.1, -0.05) is 39.1 Å². The quantitative estimate of drug-likeness (QED) is 0.612. The van der Waals surface area contributed by atoms with Gasteiger partial charge in [0.05, 0.1) is 11.1 Å². The van der Waals surface area contributed by atoms with Crippen molar-refractivity contribution >= 4 is 50.1 Å². The number of halogens is 4. The maximum Gasteiger partial charge on any atom is 0.153 e. The predicted molar refractivity (Wildman–Crippen MR) is 86.4 cm³/mol. The molecule has 0 aliphatic rings. The molecule has 108 valence electrons. The summed E-state index contributed by atoms with van der Waals surface area (Å²) < 4.78 is 20.3. The lowest BCUT2D eigenvalue weighted by Gasteiger charge is -2.10. The van der Waals surface area contributed by atoms with Crippen LogP contribution in [0.1, 0.15) is 17.4 Å². The minimum absolute atomic E-state index is 0.339. The van der Waals surface area contributed by atoms with Crippen molar-refractivity contribution in [1.29, 1.82) is 0 Å². The molecule has 3 aromatic rings. The van der Waals surface area contributed by atoms with E-state index >= 15 is 0 Å². The summed E-state index contributed by atoms with van der Waals surface area (Å²) in [6.45, 7) is 0. The molecule has 1 heterocycles. The van der Waals surface area contributed by atoms with Crippen LogP contribution in [0, 0.1) is 5.82 Å². The molecule has 1 aromatic heterocycles. The zero-order valence-electron chi connectivity index (χ0n) is 10.5. The van der Waals surface area contributed by atoms with Gasteiger partial charge in [-0.05, 0) is 36.4 Å². The summed E-state index contributed by atoms with van der Waals surface area (Å²) in [6.07, 6.45) is 0. The third-order valence-corrected chi connectivity index (χ3v) is 4.15. The lowest BCUT2D eigenvalue weighted by Crippen LogP contribution is -2.12. The van der Waals surface area contributed by atoms with Crippen LogP contribution in [0.2, 0.25) is 10.0 Å². The first-order chi connectivity index (χ1) is 9.95. The Morgan fingerprint density at radius 3 is 2.67 bits per heavy atom. The molecule has 0 aliphatic carbocycles. The van der Waals surface area contributed by atoms with Gasteiger partial charge in [-0.2, -0.15) is 0 Å². The molecular formula is C15H9BrCl2FNO. The molecule has 21 heavy (non-hydrogen) atoms. The van der Waals surface area contributed by atoms with Crippen LogP contribution in [0.3, 0.4) is 0 Å². The second kappa shape index (κ2) is 5.61. The lowest BCUT2D eigenvalue weighted by molar-refractivity contribution is 0.510. The number of hydrogen-bond acceptors (Lipinski definition) is 2. The van der Waals surface area contributed by atoms with Crippen LogP contribution in [0.5, 0.6) is 0 Å². The number of hydrogen-bond donors (Lipinski definition) is 1. The predicted octanol–water partition coefficient (Wildman–Crippen LogP) is 5.69. The number of fused-ring (bicyclic) bond motifs is 1. The van der Waals surface area contributed by atoms with Crippen molar-refractivity contribution in [3.63, 3.8) is 0 Å². The van der Waals surface area contributed by atoms with E-state index < -0.39 is 11.9 Å². The van der Waals surface area contributed by atoms with Gasteiger partial charge in [0.25, 0.3) is 0 Å². The average Bonchev–Trinajstić information content (AvgIpc) is 2.85. The van der Waals surface area contributed by atoms with E-state index in [9.17, 15) is 4.39 Å².